The summed E-state index contributed by atoms with van der Waals surface area (Å²) in [6.07, 6.45) is 3.29. The van der Waals surface area contributed by atoms with Crippen LogP contribution in [0.5, 0.6) is 0 Å². The summed E-state index contributed by atoms with van der Waals surface area (Å²) in [5.41, 5.74) is 4.43. The van der Waals surface area contributed by atoms with Crippen molar-refractivity contribution in [1.29, 1.82) is 0 Å². The van der Waals surface area contributed by atoms with Gasteiger partial charge in [-0.2, -0.15) is 0 Å². The van der Waals surface area contributed by atoms with Gasteiger partial charge in [0, 0.05) is 35.2 Å². The number of fused-ring (bicyclic) bond motifs is 3. The summed E-state index contributed by atoms with van der Waals surface area (Å²) in [5, 5.41) is 4.47. The van der Waals surface area contributed by atoms with Crippen LogP contribution in [0.25, 0.3) is 10.9 Å². The van der Waals surface area contributed by atoms with Crippen molar-refractivity contribution in [1.82, 2.24) is 10.3 Å². The summed E-state index contributed by atoms with van der Waals surface area (Å²) >= 11 is 0. The van der Waals surface area contributed by atoms with Crippen LogP contribution >= 0.6 is 0 Å². The number of aromatic nitrogens is 1. The molecule has 142 valence electrons. The predicted molar refractivity (Wildman–Crippen MR) is 109 cm³/mol. The number of nitrogens with zero attached hydrogens (tertiary/aromatic N) is 1. The van der Waals surface area contributed by atoms with E-state index >= 15 is 0 Å². The maximum atomic E-state index is 13.0. The van der Waals surface area contributed by atoms with Gasteiger partial charge in [-0.15, -0.1) is 0 Å². The summed E-state index contributed by atoms with van der Waals surface area (Å²) in [5.74, 6) is -0.313. The molecular formula is C23H23N3O2. The van der Waals surface area contributed by atoms with Gasteiger partial charge in [0.1, 0.15) is 0 Å². The smallest absolute Gasteiger partial charge is 0.227 e. The van der Waals surface area contributed by atoms with Crippen LogP contribution in [0.2, 0.25) is 0 Å². The topological polar surface area (TPSA) is 65.2 Å². The molecule has 28 heavy (non-hydrogen) atoms. The molecule has 2 aromatic carbocycles. The van der Waals surface area contributed by atoms with Crippen LogP contribution in [0.4, 0.5) is 5.69 Å². The molecule has 2 unspecified atom stereocenters. The number of aromatic amines is 1. The van der Waals surface area contributed by atoms with Crippen LogP contribution < -0.4 is 10.2 Å². The summed E-state index contributed by atoms with van der Waals surface area (Å²) < 4.78 is 0. The molecule has 0 bridgehead atoms. The molecule has 1 fully saturated rings. The van der Waals surface area contributed by atoms with Gasteiger partial charge in [-0.05, 0) is 43.0 Å². The quantitative estimate of drug-likeness (QED) is 0.735. The van der Waals surface area contributed by atoms with Gasteiger partial charge in [0.05, 0.1) is 12.0 Å². The Hall–Kier alpha value is -3.08. The molecule has 2 heterocycles. The molecule has 1 saturated heterocycles. The average Bonchev–Trinajstić information content (AvgIpc) is 3.30. The van der Waals surface area contributed by atoms with Crippen LogP contribution in [-0.4, -0.2) is 23.3 Å². The number of H-pyrrole nitrogens is 1. The molecule has 2 aliphatic rings. The Morgan fingerprint density at radius 3 is 2.71 bits per heavy atom. The van der Waals surface area contributed by atoms with Crippen molar-refractivity contribution in [2.75, 3.05) is 11.4 Å². The third kappa shape index (κ3) is 2.87. The lowest BCUT2D eigenvalue weighted by Gasteiger charge is -2.25. The second kappa shape index (κ2) is 6.82. The fourth-order valence-corrected chi connectivity index (χ4v) is 4.59. The number of carbonyl (C=O) groups is 2. The zero-order chi connectivity index (χ0) is 19.1. The van der Waals surface area contributed by atoms with Gasteiger partial charge >= 0.3 is 0 Å². The van der Waals surface area contributed by atoms with E-state index in [0.717, 1.165) is 36.2 Å². The van der Waals surface area contributed by atoms with E-state index in [-0.39, 0.29) is 30.2 Å². The first-order valence-corrected chi connectivity index (χ1v) is 9.96. The first kappa shape index (κ1) is 17.0. The molecule has 2 atom stereocenters. The summed E-state index contributed by atoms with van der Waals surface area (Å²) in [4.78, 5) is 30.6. The number of nitrogens with one attached hydrogen (secondary N) is 2. The molecular weight excluding hydrogens is 350 g/mol. The van der Waals surface area contributed by atoms with Gasteiger partial charge in [-0.25, -0.2) is 0 Å². The minimum Gasteiger partial charge on any atom is -0.356 e. The van der Waals surface area contributed by atoms with E-state index in [4.69, 9.17) is 0 Å². The molecule has 0 saturated carbocycles. The normalized spacial score (nSPS) is 21.7. The lowest BCUT2D eigenvalue weighted by molar-refractivity contribution is -0.127. The molecule has 2 N–H and O–H groups in total. The standard InChI is InChI=1S/C23H23N3O2/c27-21-13-15(14-26(21)16-7-2-1-3-8-16)23(28)25-20-12-6-10-18-17-9-4-5-11-19(17)24-22(18)20/h1-5,7-9,11,15,20,24H,6,10,12-14H2,(H,25,28). The number of hydrogen-bond donors (Lipinski definition) is 2. The van der Waals surface area contributed by atoms with Crippen LogP contribution in [0.3, 0.4) is 0 Å². The van der Waals surface area contributed by atoms with Crippen LogP contribution in [0, 0.1) is 5.92 Å². The minimum atomic E-state index is -0.303. The van der Waals surface area contributed by atoms with Gasteiger partial charge in [0.25, 0.3) is 0 Å². The first-order chi connectivity index (χ1) is 13.7. The van der Waals surface area contributed by atoms with E-state index in [1.807, 2.05) is 36.4 Å². The third-order valence-electron chi connectivity index (χ3n) is 5.99. The molecule has 5 nitrogen and oxygen atoms in total. The van der Waals surface area contributed by atoms with Gasteiger partial charge in [-0.3, -0.25) is 9.59 Å². The molecule has 0 spiro atoms. The maximum Gasteiger partial charge on any atom is 0.227 e. The van der Waals surface area contributed by atoms with Crippen LogP contribution in [0.15, 0.2) is 54.6 Å². The zero-order valence-corrected chi connectivity index (χ0v) is 15.7. The highest BCUT2D eigenvalue weighted by atomic mass is 16.2. The van der Waals surface area contributed by atoms with Gasteiger partial charge in [0.2, 0.25) is 11.8 Å². The van der Waals surface area contributed by atoms with E-state index in [0.29, 0.717) is 6.54 Å². The average molecular weight is 373 g/mol. The largest absolute Gasteiger partial charge is 0.356 e. The number of amides is 2. The molecule has 5 rings (SSSR count). The van der Waals surface area contributed by atoms with E-state index < -0.39 is 0 Å². The van der Waals surface area contributed by atoms with Crippen molar-refractivity contribution >= 4 is 28.4 Å². The van der Waals surface area contributed by atoms with Gasteiger partial charge < -0.3 is 15.2 Å². The molecule has 1 aliphatic carbocycles. The van der Waals surface area contributed by atoms with E-state index in [2.05, 4.69) is 28.5 Å². The Morgan fingerprint density at radius 2 is 1.86 bits per heavy atom. The number of rotatable bonds is 3. The molecule has 1 aliphatic heterocycles. The molecule has 1 aromatic heterocycles. The number of carbonyl (C=O) groups excluding carboxylic acids is 2. The first-order valence-electron chi connectivity index (χ1n) is 9.96. The highest BCUT2D eigenvalue weighted by Crippen LogP contribution is 2.35. The zero-order valence-electron chi connectivity index (χ0n) is 15.7. The Morgan fingerprint density at radius 1 is 1.07 bits per heavy atom. The Balaban J connectivity index is 1.34. The number of anilines is 1. The second-order valence-electron chi connectivity index (χ2n) is 7.76. The van der Waals surface area contributed by atoms with Gasteiger partial charge in [0.15, 0.2) is 0 Å². The highest BCUT2D eigenvalue weighted by Gasteiger charge is 2.36. The lowest BCUT2D eigenvalue weighted by Crippen LogP contribution is -2.37. The van der Waals surface area contributed by atoms with Crippen molar-refractivity contribution in [3.63, 3.8) is 0 Å². The van der Waals surface area contributed by atoms with Crippen molar-refractivity contribution < 1.29 is 9.59 Å². The number of para-hydroxylation sites is 2. The Labute approximate surface area is 163 Å². The van der Waals surface area contributed by atoms with Crippen LogP contribution in [-0.2, 0) is 16.0 Å². The number of aryl methyl sites for hydroxylation is 1. The van der Waals surface area contributed by atoms with Crippen LogP contribution in [0.1, 0.15) is 36.6 Å². The maximum absolute atomic E-state index is 13.0. The van der Waals surface area contributed by atoms with Crippen molar-refractivity contribution in [2.45, 2.75) is 31.7 Å². The Kier molecular flexibility index (Phi) is 4.15. The highest BCUT2D eigenvalue weighted by molar-refractivity contribution is 6.00. The second-order valence-corrected chi connectivity index (χ2v) is 7.76. The van der Waals surface area contributed by atoms with E-state index in [1.54, 1.807) is 4.90 Å². The summed E-state index contributed by atoms with van der Waals surface area (Å²) in [6.45, 7) is 0.445. The SMILES string of the molecule is O=C(NC1CCCc2c1[nH]c1ccccc21)C1CC(=O)N(c2ccccc2)C1. The number of hydrogen-bond acceptors (Lipinski definition) is 2. The number of benzene rings is 2. The lowest BCUT2D eigenvalue weighted by atomic mass is 9.91. The monoisotopic (exact) mass is 373 g/mol. The molecule has 3 aromatic rings. The molecule has 0 radical (unpaired) electrons. The molecule has 5 heteroatoms. The fraction of sp³-hybridized carbons (Fsp3) is 0.304. The Bertz CT molecular complexity index is 1040. The minimum absolute atomic E-state index is 0.00970. The summed E-state index contributed by atoms with van der Waals surface area (Å²) in [7, 11) is 0. The van der Waals surface area contributed by atoms with Crippen molar-refractivity contribution in [2.24, 2.45) is 5.92 Å². The predicted octanol–water partition coefficient (Wildman–Crippen LogP) is 3.71. The van der Waals surface area contributed by atoms with Crippen molar-refractivity contribution in [3.8, 4) is 0 Å². The van der Waals surface area contributed by atoms with Crippen molar-refractivity contribution in [3.05, 3.63) is 65.9 Å². The fourth-order valence-electron chi connectivity index (χ4n) is 4.59. The summed E-state index contributed by atoms with van der Waals surface area (Å²) in [6, 6.07) is 17.9. The van der Waals surface area contributed by atoms with E-state index in [1.165, 1.54) is 10.9 Å². The van der Waals surface area contributed by atoms with E-state index in [9.17, 15) is 9.59 Å². The third-order valence-corrected chi connectivity index (χ3v) is 5.99. The van der Waals surface area contributed by atoms with Gasteiger partial charge in [-0.1, -0.05) is 36.4 Å². The molecule has 2 amide bonds.